The van der Waals surface area contributed by atoms with E-state index in [9.17, 15) is 9.59 Å². The van der Waals surface area contributed by atoms with Crippen molar-refractivity contribution in [2.75, 3.05) is 20.3 Å². The third kappa shape index (κ3) is 5.23. The molecular formula is C13H16N2O4S. The first kappa shape index (κ1) is 15.9. The number of rotatable bonds is 5. The number of esters is 1. The highest BCUT2D eigenvalue weighted by Gasteiger charge is 2.09. The highest BCUT2D eigenvalue weighted by molar-refractivity contribution is 7.80. The number of thiocarbonyl (C=S) groups is 1. The maximum atomic E-state index is 11.9. The molecule has 0 spiro atoms. The largest absolute Gasteiger partial charge is 0.497 e. The molecule has 0 fully saturated rings. The van der Waals surface area contributed by atoms with E-state index in [0.29, 0.717) is 17.9 Å². The first-order valence-electron chi connectivity index (χ1n) is 5.95. The Balaban J connectivity index is 2.48. The van der Waals surface area contributed by atoms with E-state index < -0.39 is 5.97 Å². The lowest BCUT2D eigenvalue weighted by Crippen LogP contribution is -2.41. The molecule has 0 atom stereocenters. The van der Waals surface area contributed by atoms with Gasteiger partial charge in [0, 0.05) is 5.56 Å². The van der Waals surface area contributed by atoms with Crippen LogP contribution in [-0.4, -0.2) is 37.3 Å². The molecular weight excluding hydrogens is 280 g/mol. The summed E-state index contributed by atoms with van der Waals surface area (Å²) in [6.45, 7) is 1.91. The molecule has 0 aromatic heterocycles. The fourth-order valence-corrected chi connectivity index (χ4v) is 1.51. The molecule has 7 heteroatoms. The zero-order chi connectivity index (χ0) is 15.0. The van der Waals surface area contributed by atoms with Crippen LogP contribution >= 0.6 is 12.2 Å². The van der Waals surface area contributed by atoms with Crippen molar-refractivity contribution in [1.82, 2.24) is 10.6 Å². The highest BCUT2D eigenvalue weighted by atomic mass is 32.1. The number of benzene rings is 1. The number of nitrogens with one attached hydrogen (secondary N) is 2. The van der Waals surface area contributed by atoms with Crippen molar-refractivity contribution in [2.45, 2.75) is 6.92 Å². The molecule has 6 nitrogen and oxygen atoms in total. The number of carbonyl (C=O) groups excluding carboxylic acids is 2. The van der Waals surface area contributed by atoms with Crippen molar-refractivity contribution in [3.05, 3.63) is 29.8 Å². The number of hydrogen-bond donors (Lipinski definition) is 2. The maximum absolute atomic E-state index is 11.9. The second kappa shape index (κ2) is 8.11. The maximum Gasteiger partial charge on any atom is 0.325 e. The molecule has 2 N–H and O–H groups in total. The number of ether oxygens (including phenoxy) is 2. The van der Waals surface area contributed by atoms with Crippen LogP contribution in [0.2, 0.25) is 0 Å². The summed E-state index contributed by atoms with van der Waals surface area (Å²) in [5.74, 6) is -0.251. The Morgan fingerprint density at radius 2 is 2.10 bits per heavy atom. The Labute approximate surface area is 122 Å². The first-order chi connectivity index (χ1) is 9.56. The Bertz CT molecular complexity index is 505. The Morgan fingerprint density at radius 3 is 2.75 bits per heavy atom. The molecule has 1 amide bonds. The Kier molecular flexibility index (Phi) is 6.45. The van der Waals surface area contributed by atoms with Gasteiger partial charge in [-0.05, 0) is 37.3 Å². The SMILES string of the molecule is CCOC(=O)CNC(=S)NC(=O)c1cccc(OC)c1. The molecule has 1 aromatic carbocycles. The van der Waals surface area contributed by atoms with Crippen molar-refractivity contribution in [3.63, 3.8) is 0 Å². The van der Waals surface area contributed by atoms with Crippen molar-refractivity contribution in [2.24, 2.45) is 0 Å². The van der Waals surface area contributed by atoms with Crippen molar-refractivity contribution < 1.29 is 19.1 Å². The van der Waals surface area contributed by atoms with E-state index in [1.54, 1.807) is 31.2 Å². The van der Waals surface area contributed by atoms with E-state index >= 15 is 0 Å². The van der Waals surface area contributed by atoms with Gasteiger partial charge in [0.15, 0.2) is 5.11 Å². The van der Waals surface area contributed by atoms with E-state index in [2.05, 4.69) is 10.6 Å². The van der Waals surface area contributed by atoms with Gasteiger partial charge in [0.25, 0.3) is 5.91 Å². The summed E-state index contributed by atoms with van der Waals surface area (Å²) in [6, 6.07) is 6.64. The van der Waals surface area contributed by atoms with Crippen LogP contribution in [0.3, 0.4) is 0 Å². The quantitative estimate of drug-likeness (QED) is 0.620. The van der Waals surface area contributed by atoms with Gasteiger partial charge in [0.2, 0.25) is 0 Å². The number of carbonyl (C=O) groups is 2. The fraction of sp³-hybridized carbons (Fsp3) is 0.308. The zero-order valence-electron chi connectivity index (χ0n) is 11.3. The average Bonchev–Trinajstić information content (AvgIpc) is 2.45. The normalized spacial score (nSPS) is 9.50. The topological polar surface area (TPSA) is 76.7 Å². The van der Waals surface area contributed by atoms with Crippen LogP contribution in [0.15, 0.2) is 24.3 Å². The van der Waals surface area contributed by atoms with Crippen LogP contribution in [0.25, 0.3) is 0 Å². The predicted molar refractivity (Wildman–Crippen MR) is 77.7 cm³/mol. The van der Waals surface area contributed by atoms with E-state index in [0.717, 1.165) is 0 Å². The molecule has 1 aromatic rings. The third-order valence-corrected chi connectivity index (χ3v) is 2.50. The van der Waals surface area contributed by atoms with E-state index in [1.165, 1.54) is 7.11 Å². The number of hydrogen-bond acceptors (Lipinski definition) is 5. The van der Waals surface area contributed by atoms with Crippen LogP contribution < -0.4 is 15.4 Å². The molecule has 0 saturated heterocycles. The molecule has 0 aliphatic heterocycles. The predicted octanol–water partition coefficient (Wildman–Crippen LogP) is 0.863. The van der Waals surface area contributed by atoms with Crippen molar-refractivity contribution >= 4 is 29.2 Å². The lowest BCUT2D eigenvalue weighted by Gasteiger charge is -2.09. The molecule has 0 aliphatic rings. The molecule has 0 bridgehead atoms. The van der Waals surface area contributed by atoms with Gasteiger partial charge in [-0.15, -0.1) is 0 Å². The van der Waals surface area contributed by atoms with E-state index in [-0.39, 0.29) is 17.6 Å². The molecule has 0 radical (unpaired) electrons. The summed E-state index contributed by atoms with van der Waals surface area (Å²) in [5, 5.41) is 5.11. The Hall–Kier alpha value is -2.15. The lowest BCUT2D eigenvalue weighted by atomic mass is 10.2. The zero-order valence-corrected chi connectivity index (χ0v) is 12.1. The smallest absolute Gasteiger partial charge is 0.325 e. The summed E-state index contributed by atoms with van der Waals surface area (Å²) in [6.07, 6.45) is 0. The van der Waals surface area contributed by atoms with E-state index in [4.69, 9.17) is 21.7 Å². The van der Waals surface area contributed by atoms with Crippen LogP contribution in [0.5, 0.6) is 5.75 Å². The minimum Gasteiger partial charge on any atom is -0.497 e. The lowest BCUT2D eigenvalue weighted by molar-refractivity contribution is -0.141. The highest BCUT2D eigenvalue weighted by Crippen LogP contribution is 2.12. The standard InChI is InChI=1S/C13H16N2O4S/c1-3-19-11(16)8-14-13(20)15-12(17)9-5-4-6-10(7-9)18-2/h4-7H,3,8H2,1-2H3,(H2,14,15,17,20). The van der Waals surface area contributed by atoms with Gasteiger partial charge in [0.1, 0.15) is 12.3 Å². The van der Waals surface area contributed by atoms with Gasteiger partial charge in [-0.1, -0.05) is 6.07 Å². The molecule has 20 heavy (non-hydrogen) atoms. The molecule has 0 aliphatic carbocycles. The summed E-state index contributed by atoms with van der Waals surface area (Å²) < 4.78 is 9.75. The van der Waals surface area contributed by atoms with Crippen molar-refractivity contribution in [3.8, 4) is 5.75 Å². The first-order valence-corrected chi connectivity index (χ1v) is 6.36. The summed E-state index contributed by atoms with van der Waals surface area (Å²) in [7, 11) is 1.52. The summed E-state index contributed by atoms with van der Waals surface area (Å²) >= 11 is 4.91. The molecule has 1 rings (SSSR count). The van der Waals surface area contributed by atoms with Gasteiger partial charge in [-0.3, -0.25) is 14.9 Å². The molecule has 0 heterocycles. The van der Waals surface area contributed by atoms with Crippen LogP contribution in [0.4, 0.5) is 0 Å². The second-order valence-corrected chi connectivity index (χ2v) is 4.08. The minimum absolute atomic E-state index is 0.0610. The summed E-state index contributed by atoms with van der Waals surface area (Å²) in [4.78, 5) is 23.0. The second-order valence-electron chi connectivity index (χ2n) is 3.67. The number of amides is 1. The average molecular weight is 296 g/mol. The fourth-order valence-electron chi connectivity index (χ4n) is 1.35. The van der Waals surface area contributed by atoms with Crippen LogP contribution in [0, 0.1) is 0 Å². The number of methoxy groups -OCH3 is 1. The van der Waals surface area contributed by atoms with Crippen molar-refractivity contribution in [1.29, 1.82) is 0 Å². The third-order valence-electron chi connectivity index (χ3n) is 2.26. The molecule has 0 saturated carbocycles. The minimum atomic E-state index is -0.439. The van der Waals surface area contributed by atoms with Crippen LogP contribution in [-0.2, 0) is 9.53 Å². The monoisotopic (exact) mass is 296 g/mol. The van der Waals surface area contributed by atoms with Gasteiger partial charge in [-0.25, -0.2) is 0 Å². The summed E-state index contributed by atoms with van der Waals surface area (Å²) in [5.41, 5.74) is 0.407. The molecule has 108 valence electrons. The molecule has 0 unspecified atom stereocenters. The van der Waals surface area contributed by atoms with E-state index in [1.807, 2.05) is 0 Å². The van der Waals surface area contributed by atoms with Gasteiger partial charge < -0.3 is 14.8 Å². The van der Waals surface area contributed by atoms with Crippen LogP contribution in [0.1, 0.15) is 17.3 Å². The Morgan fingerprint density at radius 1 is 1.35 bits per heavy atom. The van der Waals surface area contributed by atoms with Gasteiger partial charge in [-0.2, -0.15) is 0 Å². The van der Waals surface area contributed by atoms with Gasteiger partial charge >= 0.3 is 5.97 Å². The van der Waals surface area contributed by atoms with Gasteiger partial charge in [0.05, 0.1) is 13.7 Å².